The molecule has 0 bridgehead atoms. The molecular formula is C11H19NO8. The number of carbonyl (C=O) groups excluding carboxylic acids is 1. The highest BCUT2D eigenvalue weighted by Crippen LogP contribution is 2.30. The van der Waals surface area contributed by atoms with E-state index in [0.717, 1.165) is 6.92 Å². The largest absolute Gasteiger partial charge is 0.477 e. The number of carboxylic acids is 1. The van der Waals surface area contributed by atoms with Gasteiger partial charge in [0.1, 0.15) is 12.2 Å². The van der Waals surface area contributed by atoms with Crippen molar-refractivity contribution < 1.29 is 39.9 Å². The van der Waals surface area contributed by atoms with Crippen molar-refractivity contribution in [1.29, 1.82) is 0 Å². The summed E-state index contributed by atoms with van der Waals surface area (Å²) in [7, 11) is 0. The van der Waals surface area contributed by atoms with Gasteiger partial charge in [-0.05, 0) is 6.92 Å². The molecule has 20 heavy (non-hydrogen) atoms. The highest BCUT2D eigenvalue weighted by molar-refractivity contribution is 5.76. The van der Waals surface area contributed by atoms with Crippen molar-refractivity contribution in [2.45, 2.75) is 56.5 Å². The first-order valence-corrected chi connectivity index (χ1v) is 6.03. The molecule has 0 radical (unpaired) electrons. The number of hydrogen-bond donors (Lipinski definition) is 6. The van der Waals surface area contributed by atoms with Gasteiger partial charge in [-0.2, -0.15) is 0 Å². The van der Waals surface area contributed by atoms with Crippen LogP contribution in [0.25, 0.3) is 0 Å². The standard InChI is InChI=1S/C11H19NO8/c1-4(13)8(16)9-7(12-5(2)14)6(15)3-11(19,20-9)10(17)18/h4,6-9,13,15-16,19H,3H2,1-2H3,(H,12,14)(H,17,18)/t4-,6+,7-,8-,9-,11-/m1/s1. The van der Waals surface area contributed by atoms with E-state index in [1.54, 1.807) is 0 Å². The zero-order valence-corrected chi connectivity index (χ0v) is 11.1. The Kier molecular flexibility index (Phi) is 5.05. The van der Waals surface area contributed by atoms with Crippen molar-refractivity contribution in [3.8, 4) is 0 Å². The minimum Gasteiger partial charge on any atom is -0.477 e. The Bertz CT molecular complexity index is 387. The molecule has 0 unspecified atom stereocenters. The third-order valence-corrected chi connectivity index (χ3v) is 3.12. The second kappa shape index (κ2) is 6.02. The first kappa shape index (κ1) is 16.8. The van der Waals surface area contributed by atoms with E-state index in [2.05, 4.69) is 5.32 Å². The first-order valence-electron chi connectivity index (χ1n) is 6.03. The van der Waals surface area contributed by atoms with Gasteiger partial charge in [0.05, 0.1) is 18.2 Å². The number of nitrogens with one attached hydrogen (secondary N) is 1. The zero-order valence-electron chi connectivity index (χ0n) is 11.1. The van der Waals surface area contributed by atoms with E-state index in [-0.39, 0.29) is 0 Å². The lowest BCUT2D eigenvalue weighted by Gasteiger charge is -2.44. The summed E-state index contributed by atoms with van der Waals surface area (Å²) in [5.41, 5.74) is 0. The van der Waals surface area contributed by atoms with E-state index in [4.69, 9.17) is 9.84 Å². The highest BCUT2D eigenvalue weighted by Gasteiger charge is 2.53. The average Bonchev–Trinajstić information content (AvgIpc) is 2.30. The number of carbonyl (C=O) groups is 2. The second-order valence-corrected chi connectivity index (χ2v) is 4.90. The van der Waals surface area contributed by atoms with Crippen LogP contribution in [0.2, 0.25) is 0 Å². The van der Waals surface area contributed by atoms with E-state index < -0.39 is 54.5 Å². The van der Waals surface area contributed by atoms with Gasteiger partial charge >= 0.3 is 5.97 Å². The van der Waals surface area contributed by atoms with Gasteiger partial charge in [-0.3, -0.25) is 4.79 Å². The first-order chi connectivity index (χ1) is 9.08. The molecule has 9 nitrogen and oxygen atoms in total. The number of aliphatic hydroxyl groups is 4. The lowest BCUT2D eigenvalue weighted by atomic mass is 9.89. The molecule has 0 saturated carbocycles. The number of aliphatic hydroxyl groups excluding tert-OH is 3. The molecule has 9 heteroatoms. The third-order valence-electron chi connectivity index (χ3n) is 3.12. The Labute approximate surface area is 114 Å². The maximum absolute atomic E-state index is 11.1. The van der Waals surface area contributed by atoms with Gasteiger partial charge in [-0.1, -0.05) is 0 Å². The molecule has 1 fully saturated rings. The van der Waals surface area contributed by atoms with E-state index in [1.807, 2.05) is 0 Å². The molecule has 0 aliphatic carbocycles. The summed E-state index contributed by atoms with van der Waals surface area (Å²) in [6.07, 6.45) is -6.56. The number of rotatable bonds is 4. The number of carboxylic acid groups (broad SMARTS) is 1. The van der Waals surface area contributed by atoms with Gasteiger partial charge in [0.15, 0.2) is 0 Å². The van der Waals surface area contributed by atoms with Gasteiger partial charge in [0, 0.05) is 13.3 Å². The summed E-state index contributed by atoms with van der Waals surface area (Å²) >= 11 is 0. The van der Waals surface area contributed by atoms with Crippen LogP contribution >= 0.6 is 0 Å². The number of ether oxygens (including phenoxy) is 1. The van der Waals surface area contributed by atoms with E-state index >= 15 is 0 Å². The fourth-order valence-corrected chi connectivity index (χ4v) is 2.08. The molecule has 0 aromatic carbocycles. The summed E-state index contributed by atoms with van der Waals surface area (Å²) in [6, 6.07) is -1.16. The van der Waals surface area contributed by atoms with Crippen LogP contribution in [0.5, 0.6) is 0 Å². The molecule has 0 spiro atoms. The number of amides is 1. The zero-order chi connectivity index (χ0) is 15.7. The Hall–Kier alpha value is -1.26. The lowest BCUT2D eigenvalue weighted by molar-refractivity contribution is -0.293. The molecule has 1 heterocycles. The average molecular weight is 293 g/mol. The van der Waals surface area contributed by atoms with Crippen LogP contribution in [0.15, 0.2) is 0 Å². The maximum atomic E-state index is 11.1. The monoisotopic (exact) mass is 293 g/mol. The molecule has 1 rings (SSSR count). The topological polar surface area (TPSA) is 157 Å². The summed E-state index contributed by atoms with van der Waals surface area (Å²) in [5, 5.41) is 50.1. The fraction of sp³-hybridized carbons (Fsp3) is 0.818. The molecule has 6 atom stereocenters. The van der Waals surface area contributed by atoms with Crippen molar-refractivity contribution in [2.24, 2.45) is 0 Å². The van der Waals surface area contributed by atoms with Crippen LogP contribution in [0, 0.1) is 0 Å². The quantitative estimate of drug-likeness (QED) is 0.323. The minimum absolute atomic E-state index is 0.541. The number of hydrogen-bond acceptors (Lipinski definition) is 7. The Balaban J connectivity index is 3.06. The molecule has 1 aliphatic heterocycles. The lowest BCUT2D eigenvalue weighted by Crippen LogP contribution is -2.66. The van der Waals surface area contributed by atoms with Gasteiger partial charge in [-0.25, -0.2) is 4.79 Å². The summed E-state index contributed by atoms with van der Waals surface area (Å²) in [5.74, 6) is -4.98. The van der Waals surface area contributed by atoms with Crippen LogP contribution in [-0.2, 0) is 14.3 Å². The molecule has 116 valence electrons. The molecule has 1 aliphatic rings. The van der Waals surface area contributed by atoms with Crippen molar-refractivity contribution in [2.75, 3.05) is 0 Å². The molecule has 1 amide bonds. The van der Waals surface area contributed by atoms with Crippen molar-refractivity contribution >= 4 is 11.9 Å². The summed E-state index contributed by atoms with van der Waals surface area (Å²) in [6.45, 7) is 2.39. The van der Waals surface area contributed by atoms with E-state index in [1.165, 1.54) is 6.92 Å². The predicted molar refractivity (Wildman–Crippen MR) is 63.4 cm³/mol. The minimum atomic E-state index is -2.70. The van der Waals surface area contributed by atoms with Crippen LogP contribution in [-0.4, -0.2) is 73.7 Å². The van der Waals surface area contributed by atoms with Crippen LogP contribution in [0.3, 0.4) is 0 Å². The smallest absolute Gasteiger partial charge is 0.364 e. The molecule has 1 saturated heterocycles. The third kappa shape index (κ3) is 3.44. The molecular weight excluding hydrogens is 274 g/mol. The van der Waals surface area contributed by atoms with Gasteiger partial charge in [0.25, 0.3) is 5.79 Å². The predicted octanol–water partition coefficient (Wildman–Crippen LogP) is -2.84. The Morgan fingerprint density at radius 2 is 1.95 bits per heavy atom. The van der Waals surface area contributed by atoms with Crippen molar-refractivity contribution in [1.82, 2.24) is 5.32 Å². The Morgan fingerprint density at radius 1 is 1.40 bits per heavy atom. The molecule has 0 aromatic rings. The highest BCUT2D eigenvalue weighted by atomic mass is 16.7. The summed E-state index contributed by atoms with van der Waals surface area (Å²) < 4.78 is 4.91. The molecule has 0 aromatic heterocycles. The van der Waals surface area contributed by atoms with Gasteiger partial charge < -0.3 is 35.6 Å². The fourth-order valence-electron chi connectivity index (χ4n) is 2.08. The molecule has 6 N–H and O–H groups in total. The van der Waals surface area contributed by atoms with E-state index in [0.29, 0.717) is 0 Å². The van der Waals surface area contributed by atoms with Crippen LogP contribution in [0.1, 0.15) is 20.3 Å². The SMILES string of the molecule is CC(=O)N[C@H]1[C@H]([C@H](O)[C@@H](C)O)O[C@@](O)(C(=O)O)C[C@@H]1O. The van der Waals surface area contributed by atoms with Crippen molar-refractivity contribution in [3.63, 3.8) is 0 Å². The maximum Gasteiger partial charge on any atom is 0.364 e. The normalized spacial score (nSPS) is 37.0. The van der Waals surface area contributed by atoms with Gasteiger partial charge in [-0.15, -0.1) is 0 Å². The van der Waals surface area contributed by atoms with Crippen LogP contribution < -0.4 is 5.32 Å². The Morgan fingerprint density at radius 3 is 2.35 bits per heavy atom. The number of aliphatic carboxylic acids is 1. The van der Waals surface area contributed by atoms with E-state index in [9.17, 15) is 30.0 Å². The summed E-state index contributed by atoms with van der Waals surface area (Å²) in [4.78, 5) is 22.1. The second-order valence-electron chi connectivity index (χ2n) is 4.90. The van der Waals surface area contributed by atoms with Crippen molar-refractivity contribution in [3.05, 3.63) is 0 Å². The van der Waals surface area contributed by atoms with Gasteiger partial charge in [0.2, 0.25) is 5.91 Å². The van der Waals surface area contributed by atoms with Crippen LogP contribution in [0.4, 0.5) is 0 Å².